The molecule has 1 aliphatic rings. The van der Waals surface area contributed by atoms with Gasteiger partial charge in [-0.1, -0.05) is 53.5 Å². The minimum absolute atomic E-state index is 0.0895. The molecule has 10 heteroatoms. The highest BCUT2D eigenvalue weighted by molar-refractivity contribution is 7.90. The van der Waals surface area contributed by atoms with Gasteiger partial charge in [-0.05, 0) is 66.8 Å². The molecule has 1 atom stereocenters. The molecule has 39 heavy (non-hydrogen) atoms. The number of amides is 2. The molecule has 0 saturated heterocycles. The maximum atomic E-state index is 13.1. The molecule has 0 aromatic heterocycles. The lowest BCUT2D eigenvalue weighted by molar-refractivity contribution is -0.126. The van der Waals surface area contributed by atoms with E-state index in [-0.39, 0.29) is 44.7 Å². The molecule has 204 valence electrons. The van der Waals surface area contributed by atoms with E-state index < -0.39 is 15.7 Å². The third kappa shape index (κ3) is 6.82. The van der Waals surface area contributed by atoms with Gasteiger partial charge in [0, 0.05) is 37.0 Å². The van der Waals surface area contributed by atoms with Gasteiger partial charge in [-0.3, -0.25) is 9.59 Å². The van der Waals surface area contributed by atoms with E-state index in [1.165, 1.54) is 12.1 Å². The molecule has 0 radical (unpaired) electrons. The van der Waals surface area contributed by atoms with Gasteiger partial charge in [-0.2, -0.15) is 0 Å². The monoisotopic (exact) mass is 586 g/mol. The lowest BCUT2D eigenvalue weighted by Gasteiger charge is -2.29. The maximum absolute atomic E-state index is 13.1. The molecule has 3 aromatic rings. The van der Waals surface area contributed by atoms with Gasteiger partial charge in [0.2, 0.25) is 5.91 Å². The van der Waals surface area contributed by atoms with Crippen LogP contribution in [0.15, 0.2) is 65.6 Å². The van der Waals surface area contributed by atoms with Crippen LogP contribution < -0.4 is 5.32 Å². The first-order valence-electron chi connectivity index (χ1n) is 12.3. The Morgan fingerprint density at radius 2 is 1.87 bits per heavy atom. The second-order valence-corrected chi connectivity index (χ2v) is 12.4. The van der Waals surface area contributed by atoms with Crippen molar-refractivity contribution in [2.75, 3.05) is 12.8 Å². The van der Waals surface area contributed by atoms with Crippen LogP contribution in [-0.4, -0.2) is 49.1 Å². The third-order valence-corrected chi connectivity index (χ3v) is 8.36. The van der Waals surface area contributed by atoms with Crippen LogP contribution >= 0.6 is 23.2 Å². The van der Waals surface area contributed by atoms with Crippen molar-refractivity contribution in [1.29, 1.82) is 0 Å². The standard InChI is InChI=1S/C29H28Cl2N2O5S/c1-18(14-19-6-5-8-22(15-19)39(2,37)38)32-29(36)27-24(30)16-21-17-33(13-12-23(21)28(27)31)26(35)11-10-20-7-3-4-9-25(20)34/h3-11,15-16,18,34H,12-14,17H2,1-2H3,(H,32,36)/b11-10+. The van der Waals surface area contributed by atoms with Gasteiger partial charge in [0.25, 0.3) is 5.91 Å². The summed E-state index contributed by atoms with van der Waals surface area (Å²) < 4.78 is 23.7. The largest absolute Gasteiger partial charge is 0.507 e. The SMILES string of the molecule is CC(Cc1cccc(S(C)(=O)=O)c1)NC(=O)c1c(Cl)cc2c(c1Cl)CCN(C(=O)/C=C/c1ccccc1O)C2. The van der Waals surface area contributed by atoms with Crippen LogP contribution in [0.4, 0.5) is 0 Å². The molecule has 0 bridgehead atoms. The van der Waals surface area contributed by atoms with E-state index in [2.05, 4.69) is 5.32 Å². The van der Waals surface area contributed by atoms with Crippen LogP contribution in [0.5, 0.6) is 5.75 Å². The topological polar surface area (TPSA) is 104 Å². The molecule has 1 heterocycles. The number of sulfone groups is 1. The van der Waals surface area contributed by atoms with Crippen molar-refractivity contribution in [3.8, 4) is 5.75 Å². The third-order valence-electron chi connectivity index (χ3n) is 6.53. The number of carbonyl (C=O) groups excluding carboxylic acids is 2. The van der Waals surface area contributed by atoms with E-state index in [1.807, 2.05) is 6.92 Å². The Hall–Kier alpha value is -3.33. The van der Waals surface area contributed by atoms with Crippen LogP contribution in [0.25, 0.3) is 6.08 Å². The maximum Gasteiger partial charge on any atom is 0.254 e. The van der Waals surface area contributed by atoms with E-state index >= 15 is 0 Å². The number of rotatable bonds is 7. The van der Waals surface area contributed by atoms with E-state index in [1.54, 1.807) is 59.5 Å². The number of phenolic OH excluding ortho intramolecular Hbond substituents is 1. The minimum atomic E-state index is -3.34. The first kappa shape index (κ1) is 28.7. The molecule has 1 aliphatic heterocycles. The zero-order valence-electron chi connectivity index (χ0n) is 21.4. The zero-order valence-corrected chi connectivity index (χ0v) is 23.8. The fourth-order valence-corrected chi connectivity index (χ4v) is 6.00. The number of halogens is 2. The highest BCUT2D eigenvalue weighted by atomic mass is 35.5. The highest BCUT2D eigenvalue weighted by Crippen LogP contribution is 2.35. The van der Waals surface area contributed by atoms with Gasteiger partial charge < -0.3 is 15.3 Å². The Morgan fingerprint density at radius 1 is 1.13 bits per heavy atom. The van der Waals surface area contributed by atoms with E-state index in [0.29, 0.717) is 24.9 Å². The Balaban J connectivity index is 1.45. The van der Waals surface area contributed by atoms with Gasteiger partial charge in [0.15, 0.2) is 9.84 Å². The molecular formula is C29H28Cl2N2O5S. The number of benzene rings is 3. The quantitative estimate of drug-likeness (QED) is 0.376. The van der Waals surface area contributed by atoms with E-state index in [0.717, 1.165) is 22.9 Å². The van der Waals surface area contributed by atoms with Crippen molar-refractivity contribution in [2.24, 2.45) is 0 Å². The number of phenols is 1. The van der Waals surface area contributed by atoms with Crippen LogP contribution in [0.1, 0.15) is 39.5 Å². The second-order valence-electron chi connectivity index (χ2n) is 9.59. The Morgan fingerprint density at radius 3 is 2.59 bits per heavy atom. The number of aromatic hydroxyl groups is 1. The van der Waals surface area contributed by atoms with Crippen LogP contribution in [-0.2, 0) is 34.0 Å². The summed E-state index contributed by atoms with van der Waals surface area (Å²) >= 11 is 13.2. The molecule has 4 rings (SSSR count). The predicted molar refractivity (Wildman–Crippen MR) is 153 cm³/mol. The molecule has 0 saturated carbocycles. The molecule has 0 spiro atoms. The first-order chi connectivity index (χ1) is 18.4. The fourth-order valence-electron chi connectivity index (χ4n) is 4.55. The highest BCUT2D eigenvalue weighted by Gasteiger charge is 2.27. The van der Waals surface area contributed by atoms with Crippen LogP contribution in [0, 0.1) is 0 Å². The molecular weight excluding hydrogens is 559 g/mol. The van der Waals surface area contributed by atoms with Gasteiger partial charge >= 0.3 is 0 Å². The van der Waals surface area contributed by atoms with E-state index in [9.17, 15) is 23.1 Å². The van der Waals surface area contributed by atoms with Crippen molar-refractivity contribution >= 4 is 50.9 Å². The Labute approximate surface area is 238 Å². The summed E-state index contributed by atoms with van der Waals surface area (Å²) in [6, 6.07) is 14.7. The zero-order chi connectivity index (χ0) is 28.3. The molecule has 0 fully saturated rings. The summed E-state index contributed by atoms with van der Waals surface area (Å²) in [5.41, 5.74) is 3.03. The van der Waals surface area contributed by atoms with Gasteiger partial charge in [-0.15, -0.1) is 0 Å². The van der Waals surface area contributed by atoms with Crippen molar-refractivity contribution in [1.82, 2.24) is 10.2 Å². The van der Waals surface area contributed by atoms with Crippen molar-refractivity contribution < 1.29 is 23.1 Å². The smallest absolute Gasteiger partial charge is 0.254 e. The number of hydrogen-bond acceptors (Lipinski definition) is 5. The summed E-state index contributed by atoms with van der Waals surface area (Å²) in [6.45, 7) is 2.51. The summed E-state index contributed by atoms with van der Waals surface area (Å²) in [5, 5.41) is 13.3. The number of nitrogens with zero attached hydrogens (tertiary/aromatic N) is 1. The Kier molecular flexibility index (Phi) is 8.69. The first-order valence-corrected chi connectivity index (χ1v) is 14.9. The summed E-state index contributed by atoms with van der Waals surface area (Å²) in [7, 11) is -3.34. The molecule has 0 aliphatic carbocycles. The number of hydrogen-bond donors (Lipinski definition) is 2. The average molecular weight is 588 g/mol. The molecule has 3 aromatic carbocycles. The molecule has 1 unspecified atom stereocenters. The lowest BCUT2D eigenvalue weighted by Crippen LogP contribution is -2.36. The van der Waals surface area contributed by atoms with Gasteiger partial charge in [0.05, 0.1) is 20.5 Å². The number of nitrogens with one attached hydrogen (secondary N) is 1. The summed E-state index contributed by atoms with van der Waals surface area (Å²) in [4.78, 5) is 27.8. The van der Waals surface area contributed by atoms with Crippen molar-refractivity contribution in [3.63, 3.8) is 0 Å². The van der Waals surface area contributed by atoms with Crippen molar-refractivity contribution in [3.05, 3.63) is 98.5 Å². The lowest BCUT2D eigenvalue weighted by atomic mass is 9.96. The number of para-hydroxylation sites is 1. The van der Waals surface area contributed by atoms with Gasteiger partial charge in [0.1, 0.15) is 5.75 Å². The van der Waals surface area contributed by atoms with Crippen molar-refractivity contribution in [2.45, 2.75) is 37.2 Å². The normalized spacial score (nSPS) is 14.2. The minimum Gasteiger partial charge on any atom is -0.507 e. The number of carbonyl (C=O) groups is 2. The summed E-state index contributed by atoms with van der Waals surface area (Å²) in [6.07, 6.45) is 5.01. The summed E-state index contributed by atoms with van der Waals surface area (Å²) in [5.74, 6) is -0.554. The molecule has 2 amide bonds. The van der Waals surface area contributed by atoms with Crippen LogP contribution in [0.3, 0.4) is 0 Å². The molecule has 7 nitrogen and oxygen atoms in total. The number of fused-ring (bicyclic) bond motifs is 1. The Bertz CT molecular complexity index is 1570. The predicted octanol–water partition coefficient (Wildman–Crippen LogP) is 5.06. The average Bonchev–Trinajstić information content (AvgIpc) is 2.87. The van der Waals surface area contributed by atoms with E-state index in [4.69, 9.17) is 23.2 Å². The second kappa shape index (κ2) is 11.8. The van der Waals surface area contributed by atoms with Crippen LogP contribution in [0.2, 0.25) is 10.0 Å². The van der Waals surface area contributed by atoms with Gasteiger partial charge in [-0.25, -0.2) is 8.42 Å². The molecule has 2 N–H and O–H groups in total. The fraction of sp³-hybridized carbons (Fsp3) is 0.241.